The molecule has 0 N–H and O–H groups in total. The number of carbonyl (C=O) groups is 2. The molecule has 1 fully saturated rings. The molecule has 34 heavy (non-hydrogen) atoms. The van der Waals surface area contributed by atoms with Crippen molar-refractivity contribution in [3.63, 3.8) is 0 Å². The van der Waals surface area contributed by atoms with Gasteiger partial charge < -0.3 is 9.47 Å². The van der Waals surface area contributed by atoms with Gasteiger partial charge in [-0.05, 0) is 60.2 Å². The third-order valence-electron chi connectivity index (χ3n) is 5.07. The smallest absolute Gasteiger partial charge is 0.293 e. The first-order valence-corrected chi connectivity index (χ1v) is 11.8. The first kappa shape index (κ1) is 23.9. The topological polar surface area (TPSA) is 55.8 Å². The normalized spacial score (nSPS) is 14.7. The van der Waals surface area contributed by atoms with E-state index in [0.29, 0.717) is 44.7 Å². The molecule has 1 saturated heterocycles. The first-order chi connectivity index (χ1) is 16.5. The number of carbonyl (C=O) groups excluding carboxylic acids is 2. The highest BCUT2D eigenvalue weighted by Crippen LogP contribution is 2.36. The second-order valence-electron chi connectivity index (χ2n) is 7.38. The van der Waals surface area contributed by atoms with Gasteiger partial charge in [-0.15, -0.1) is 0 Å². The fourth-order valence-corrected chi connectivity index (χ4v) is 4.39. The van der Waals surface area contributed by atoms with E-state index in [4.69, 9.17) is 21.1 Å². The van der Waals surface area contributed by atoms with Gasteiger partial charge in [-0.1, -0.05) is 54.1 Å². The summed E-state index contributed by atoms with van der Waals surface area (Å²) in [6.45, 7) is 2.39. The van der Waals surface area contributed by atoms with Crippen molar-refractivity contribution in [3.05, 3.63) is 99.2 Å². The molecule has 1 heterocycles. The Balaban J connectivity index is 1.52. The van der Waals surface area contributed by atoms with Crippen molar-refractivity contribution in [2.45, 2.75) is 20.1 Å². The van der Waals surface area contributed by atoms with E-state index in [1.165, 1.54) is 11.0 Å². The number of thioether (sulfide) groups is 1. The number of hydrogen-bond acceptors (Lipinski definition) is 5. The lowest BCUT2D eigenvalue weighted by molar-refractivity contribution is -0.123. The highest BCUT2D eigenvalue weighted by atomic mass is 35.5. The van der Waals surface area contributed by atoms with E-state index in [9.17, 15) is 14.0 Å². The van der Waals surface area contributed by atoms with Crippen LogP contribution in [0.5, 0.6) is 11.5 Å². The molecule has 0 atom stereocenters. The number of ether oxygens (including phenoxy) is 2. The number of halogens is 2. The highest BCUT2D eigenvalue weighted by molar-refractivity contribution is 8.18. The first-order valence-electron chi connectivity index (χ1n) is 10.6. The maximum Gasteiger partial charge on any atom is 0.293 e. The van der Waals surface area contributed by atoms with Gasteiger partial charge in [0.25, 0.3) is 11.1 Å². The Kier molecular flexibility index (Phi) is 7.55. The lowest BCUT2D eigenvalue weighted by atomic mass is 10.1. The van der Waals surface area contributed by atoms with E-state index in [1.807, 2.05) is 6.92 Å². The average Bonchev–Trinajstić information content (AvgIpc) is 3.08. The standard InChI is InChI=1S/C26H21ClFNO4S/c1-2-32-23-13-17(11-12-22(23)33-16-19-8-4-6-10-21(19)28)14-24-25(30)29(26(31)34-24)15-18-7-3-5-9-20(18)27/h3-14H,2,15-16H2,1H3/b24-14-. The predicted molar refractivity (Wildman–Crippen MR) is 131 cm³/mol. The lowest BCUT2D eigenvalue weighted by Gasteiger charge is -2.14. The number of nitrogens with zero attached hydrogens (tertiary/aromatic N) is 1. The molecular formula is C26H21ClFNO4S. The molecule has 0 aromatic heterocycles. The maximum atomic E-state index is 13.9. The van der Waals surface area contributed by atoms with Gasteiger partial charge in [-0.25, -0.2) is 4.39 Å². The molecule has 0 aliphatic carbocycles. The summed E-state index contributed by atoms with van der Waals surface area (Å²) in [5, 5.41) is 0.143. The number of benzene rings is 3. The molecule has 0 bridgehead atoms. The van der Waals surface area contributed by atoms with Gasteiger partial charge in [0.15, 0.2) is 11.5 Å². The van der Waals surface area contributed by atoms with Crippen molar-refractivity contribution in [2.75, 3.05) is 6.61 Å². The molecule has 0 radical (unpaired) electrons. The fourth-order valence-electron chi connectivity index (χ4n) is 3.36. The van der Waals surface area contributed by atoms with E-state index < -0.39 is 0 Å². The Hall–Kier alpha value is -3.29. The van der Waals surface area contributed by atoms with Gasteiger partial charge in [0.2, 0.25) is 0 Å². The summed E-state index contributed by atoms with van der Waals surface area (Å²) >= 11 is 7.06. The van der Waals surface area contributed by atoms with Crippen molar-refractivity contribution in [1.82, 2.24) is 4.90 Å². The quantitative estimate of drug-likeness (QED) is 0.324. The zero-order valence-corrected chi connectivity index (χ0v) is 19.9. The molecule has 174 valence electrons. The zero-order chi connectivity index (χ0) is 24.1. The highest BCUT2D eigenvalue weighted by Gasteiger charge is 2.35. The van der Waals surface area contributed by atoms with Crippen LogP contribution < -0.4 is 9.47 Å². The molecular weight excluding hydrogens is 477 g/mol. The Morgan fingerprint density at radius 2 is 1.71 bits per heavy atom. The van der Waals surface area contributed by atoms with Gasteiger partial charge in [0.1, 0.15) is 12.4 Å². The fraction of sp³-hybridized carbons (Fsp3) is 0.154. The van der Waals surface area contributed by atoms with Crippen LogP contribution in [0.3, 0.4) is 0 Å². The Morgan fingerprint density at radius 3 is 2.44 bits per heavy atom. The summed E-state index contributed by atoms with van der Waals surface area (Å²) in [7, 11) is 0. The van der Waals surface area contributed by atoms with Crippen LogP contribution in [0.2, 0.25) is 5.02 Å². The van der Waals surface area contributed by atoms with Crippen LogP contribution in [0.15, 0.2) is 71.6 Å². The van der Waals surface area contributed by atoms with Gasteiger partial charge in [-0.3, -0.25) is 14.5 Å². The number of amides is 2. The molecule has 5 nitrogen and oxygen atoms in total. The lowest BCUT2D eigenvalue weighted by Crippen LogP contribution is -2.27. The molecule has 1 aliphatic rings. The summed E-state index contributed by atoms with van der Waals surface area (Å²) in [5.74, 6) is 0.189. The molecule has 1 aliphatic heterocycles. The van der Waals surface area contributed by atoms with Crippen LogP contribution in [0.1, 0.15) is 23.6 Å². The third kappa shape index (κ3) is 5.43. The van der Waals surface area contributed by atoms with Crippen LogP contribution in [0, 0.1) is 5.82 Å². The van der Waals surface area contributed by atoms with Crippen molar-refractivity contribution < 1.29 is 23.5 Å². The van der Waals surface area contributed by atoms with E-state index in [-0.39, 0.29) is 30.1 Å². The summed E-state index contributed by atoms with van der Waals surface area (Å²) < 4.78 is 25.4. The molecule has 3 aromatic rings. The number of hydrogen-bond donors (Lipinski definition) is 0. The van der Waals surface area contributed by atoms with Gasteiger partial charge in [0, 0.05) is 10.6 Å². The van der Waals surface area contributed by atoms with E-state index in [0.717, 1.165) is 11.8 Å². The van der Waals surface area contributed by atoms with E-state index >= 15 is 0 Å². The molecule has 0 unspecified atom stereocenters. The Labute approximate surface area is 206 Å². The van der Waals surface area contributed by atoms with Crippen LogP contribution in [-0.2, 0) is 17.9 Å². The predicted octanol–water partition coefficient (Wildman–Crippen LogP) is 6.69. The van der Waals surface area contributed by atoms with Gasteiger partial charge >= 0.3 is 0 Å². The summed E-state index contributed by atoms with van der Waals surface area (Å²) in [6, 6.07) is 18.7. The monoisotopic (exact) mass is 497 g/mol. The van der Waals surface area contributed by atoms with Gasteiger partial charge in [-0.2, -0.15) is 0 Å². The van der Waals surface area contributed by atoms with Crippen LogP contribution in [0.4, 0.5) is 9.18 Å². The average molecular weight is 498 g/mol. The van der Waals surface area contributed by atoms with Crippen LogP contribution in [-0.4, -0.2) is 22.7 Å². The second kappa shape index (κ2) is 10.8. The van der Waals surface area contributed by atoms with E-state index in [1.54, 1.807) is 66.7 Å². The molecule has 3 aromatic carbocycles. The summed E-state index contributed by atoms with van der Waals surface area (Å²) in [4.78, 5) is 26.8. The van der Waals surface area contributed by atoms with Crippen molar-refractivity contribution in [2.24, 2.45) is 0 Å². The van der Waals surface area contributed by atoms with E-state index in [2.05, 4.69) is 0 Å². The summed E-state index contributed by atoms with van der Waals surface area (Å²) in [6.07, 6.45) is 1.64. The van der Waals surface area contributed by atoms with Crippen LogP contribution in [0.25, 0.3) is 6.08 Å². The third-order valence-corrected chi connectivity index (χ3v) is 6.34. The number of rotatable bonds is 8. The Bertz CT molecular complexity index is 1260. The Morgan fingerprint density at radius 1 is 0.971 bits per heavy atom. The molecule has 8 heteroatoms. The van der Waals surface area contributed by atoms with Crippen LogP contribution >= 0.6 is 23.4 Å². The molecule has 0 saturated carbocycles. The van der Waals surface area contributed by atoms with Crippen molar-refractivity contribution in [1.29, 1.82) is 0 Å². The van der Waals surface area contributed by atoms with Crippen molar-refractivity contribution in [3.8, 4) is 11.5 Å². The zero-order valence-electron chi connectivity index (χ0n) is 18.3. The minimum Gasteiger partial charge on any atom is -0.490 e. The van der Waals surface area contributed by atoms with Gasteiger partial charge in [0.05, 0.1) is 18.1 Å². The largest absolute Gasteiger partial charge is 0.490 e. The summed E-state index contributed by atoms with van der Waals surface area (Å²) in [5.41, 5.74) is 1.80. The van der Waals surface area contributed by atoms with Crippen molar-refractivity contribution >= 4 is 40.6 Å². The SMILES string of the molecule is CCOc1cc(/C=C2\SC(=O)N(Cc3ccccc3Cl)C2=O)ccc1OCc1ccccc1F. The molecule has 2 amide bonds. The maximum absolute atomic E-state index is 13.9. The minimum atomic E-state index is -0.382. The number of imide groups is 1. The molecule has 4 rings (SSSR count). The minimum absolute atomic E-state index is 0.0486. The second-order valence-corrected chi connectivity index (χ2v) is 8.78. The molecule has 0 spiro atoms.